The lowest BCUT2D eigenvalue weighted by molar-refractivity contribution is -0.135. The molecule has 2 rings (SSSR count). The first-order valence-corrected chi connectivity index (χ1v) is 8.29. The van der Waals surface area contributed by atoms with E-state index in [1.165, 1.54) is 58.8 Å². The zero-order valence-electron chi connectivity index (χ0n) is 16.3. The number of rotatable bonds is 7. The Balaban J connectivity index is 2.23. The van der Waals surface area contributed by atoms with E-state index in [0.29, 0.717) is 22.8 Å². The smallest absolute Gasteiger partial charge is 0.348 e. The minimum absolute atomic E-state index is 0.144. The van der Waals surface area contributed by atoms with Crippen molar-refractivity contribution in [2.75, 3.05) is 28.4 Å². The highest BCUT2D eigenvalue weighted by molar-refractivity contribution is 5.97. The van der Waals surface area contributed by atoms with Crippen LogP contribution >= 0.6 is 0 Å². The number of methoxy groups -OCH3 is 4. The Bertz CT molecular complexity index is 947. The number of ether oxygens (including phenoxy) is 5. The van der Waals surface area contributed by atoms with Gasteiger partial charge < -0.3 is 23.7 Å². The summed E-state index contributed by atoms with van der Waals surface area (Å²) in [6.07, 6.45) is 1.37. The molecule has 0 aliphatic carbocycles. The topological polar surface area (TPSA) is 104 Å². The molecule has 0 aliphatic heterocycles. The monoisotopic (exact) mass is 397 g/mol. The van der Waals surface area contributed by atoms with E-state index >= 15 is 0 Å². The summed E-state index contributed by atoms with van der Waals surface area (Å²) in [7, 11) is 5.55. The van der Waals surface area contributed by atoms with Gasteiger partial charge in [-0.05, 0) is 35.9 Å². The van der Waals surface area contributed by atoms with Crippen molar-refractivity contribution in [3.8, 4) is 29.1 Å². The maximum Gasteiger partial charge on any atom is 0.348 e. The van der Waals surface area contributed by atoms with Crippen LogP contribution in [0.5, 0.6) is 23.0 Å². The van der Waals surface area contributed by atoms with E-state index in [2.05, 4.69) is 4.74 Å². The van der Waals surface area contributed by atoms with Crippen LogP contribution in [0.4, 0.5) is 0 Å². The van der Waals surface area contributed by atoms with E-state index in [4.69, 9.17) is 24.2 Å². The summed E-state index contributed by atoms with van der Waals surface area (Å²) in [6.45, 7) is 0. The molecule has 0 aliphatic rings. The molecule has 2 aromatic rings. The number of carbonyl (C=O) groups is 2. The molecule has 0 heterocycles. The number of benzene rings is 2. The Morgan fingerprint density at radius 1 is 0.931 bits per heavy atom. The summed E-state index contributed by atoms with van der Waals surface area (Å²) in [5.41, 5.74) is 0.634. The van der Waals surface area contributed by atoms with Gasteiger partial charge in [0.1, 0.15) is 17.4 Å². The summed E-state index contributed by atoms with van der Waals surface area (Å²) in [4.78, 5) is 24.0. The van der Waals surface area contributed by atoms with Crippen molar-refractivity contribution in [1.29, 1.82) is 5.26 Å². The third kappa shape index (κ3) is 5.05. The lowest BCUT2D eigenvalue weighted by Crippen LogP contribution is -2.09. The molecule has 8 heteroatoms. The van der Waals surface area contributed by atoms with Crippen molar-refractivity contribution >= 4 is 18.0 Å². The first-order chi connectivity index (χ1) is 14.0. The number of hydrogen-bond donors (Lipinski definition) is 0. The van der Waals surface area contributed by atoms with E-state index in [1.54, 1.807) is 18.2 Å². The van der Waals surface area contributed by atoms with Crippen molar-refractivity contribution < 1.29 is 33.3 Å². The molecule has 0 amide bonds. The predicted octanol–water partition coefficient (Wildman–Crippen LogP) is 3.01. The molecule has 0 saturated carbocycles. The minimum Gasteiger partial charge on any atom is -0.493 e. The summed E-state index contributed by atoms with van der Waals surface area (Å²) < 4.78 is 25.6. The van der Waals surface area contributed by atoms with Crippen molar-refractivity contribution in [3.63, 3.8) is 0 Å². The largest absolute Gasteiger partial charge is 0.493 e. The molecule has 150 valence electrons. The number of carbonyl (C=O) groups excluding carboxylic acids is 2. The molecule has 29 heavy (non-hydrogen) atoms. The van der Waals surface area contributed by atoms with Gasteiger partial charge in [0.2, 0.25) is 5.75 Å². The van der Waals surface area contributed by atoms with Crippen LogP contribution in [-0.2, 0) is 9.53 Å². The Morgan fingerprint density at radius 3 is 1.97 bits per heavy atom. The molecule has 0 atom stereocenters. The molecule has 0 saturated heterocycles. The molecule has 0 spiro atoms. The van der Waals surface area contributed by atoms with Gasteiger partial charge in [-0.2, -0.15) is 5.26 Å². The second-order valence-electron chi connectivity index (χ2n) is 5.53. The van der Waals surface area contributed by atoms with Gasteiger partial charge in [-0.25, -0.2) is 9.59 Å². The van der Waals surface area contributed by atoms with E-state index in [-0.39, 0.29) is 16.9 Å². The SMILES string of the molecule is COC(=O)/C(C#N)=C/c1ccc(OC(=O)c2cc(OC)c(OC)c(OC)c2)cc1. The molecule has 0 bridgehead atoms. The fourth-order valence-corrected chi connectivity index (χ4v) is 2.41. The van der Waals surface area contributed by atoms with Crippen LogP contribution in [0.25, 0.3) is 6.08 Å². The van der Waals surface area contributed by atoms with E-state index in [1.807, 2.05) is 0 Å². The number of hydrogen-bond acceptors (Lipinski definition) is 8. The lowest BCUT2D eigenvalue weighted by Gasteiger charge is -2.13. The molecular weight excluding hydrogens is 378 g/mol. The third-order valence-corrected chi connectivity index (χ3v) is 3.83. The fourth-order valence-electron chi connectivity index (χ4n) is 2.41. The lowest BCUT2D eigenvalue weighted by atomic mass is 10.1. The van der Waals surface area contributed by atoms with E-state index in [9.17, 15) is 9.59 Å². The highest BCUT2D eigenvalue weighted by Gasteiger charge is 2.18. The molecule has 0 fully saturated rings. The molecule has 0 aromatic heterocycles. The quantitative estimate of drug-likeness (QED) is 0.304. The Kier molecular flexibility index (Phi) is 7.20. The summed E-state index contributed by atoms with van der Waals surface area (Å²) in [6, 6.07) is 11.0. The molecule has 8 nitrogen and oxygen atoms in total. The normalized spacial score (nSPS) is 10.5. The van der Waals surface area contributed by atoms with Crippen LogP contribution in [0.15, 0.2) is 42.0 Å². The first-order valence-electron chi connectivity index (χ1n) is 8.29. The molecule has 2 aromatic carbocycles. The number of esters is 2. The van der Waals surface area contributed by atoms with Crippen LogP contribution in [0.3, 0.4) is 0 Å². The van der Waals surface area contributed by atoms with Crippen molar-refractivity contribution in [2.45, 2.75) is 0 Å². The van der Waals surface area contributed by atoms with Crippen molar-refractivity contribution in [2.24, 2.45) is 0 Å². The van der Waals surface area contributed by atoms with Gasteiger partial charge >= 0.3 is 11.9 Å². The average Bonchev–Trinajstić information content (AvgIpc) is 2.76. The first kappa shape index (κ1) is 21.3. The highest BCUT2D eigenvalue weighted by Crippen LogP contribution is 2.38. The zero-order chi connectivity index (χ0) is 21.4. The van der Waals surface area contributed by atoms with Crippen molar-refractivity contribution in [3.05, 3.63) is 53.1 Å². The molecule has 0 unspecified atom stereocenters. The van der Waals surface area contributed by atoms with E-state index < -0.39 is 11.9 Å². The van der Waals surface area contributed by atoms with Gasteiger partial charge in [0.05, 0.1) is 34.0 Å². The molecule has 0 radical (unpaired) electrons. The van der Waals surface area contributed by atoms with Gasteiger partial charge in [0.15, 0.2) is 11.5 Å². The second-order valence-corrected chi connectivity index (χ2v) is 5.53. The standard InChI is InChI=1S/C21H19NO7/c1-25-17-10-14(11-18(26-2)19(17)27-3)21(24)29-16-7-5-13(6-8-16)9-15(12-22)20(23)28-4/h5-11H,1-4H3/b15-9+. The molecule has 0 N–H and O–H groups in total. The fraction of sp³-hybridized carbons (Fsp3) is 0.190. The molecular formula is C21H19NO7. The van der Waals surface area contributed by atoms with Crippen LogP contribution in [0.2, 0.25) is 0 Å². The minimum atomic E-state index is -0.731. The number of nitrogens with zero attached hydrogens (tertiary/aromatic N) is 1. The Morgan fingerprint density at radius 2 is 1.52 bits per heavy atom. The highest BCUT2D eigenvalue weighted by atomic mass is 16.5. The van der Waals surface area contributed by atoms with Gasteiger partial charge in [-0.1, -0.05) is 12.1 Å². The van der Waals surface area contributed by atoms with Gasteiger partial charge in [0, 0.05) is 0 Å². The van der Waals surface area contributed by atoms with Gasteiger partial charge in [-0.15, -0.1) is 0 Å². The third-order valence-electron chi connectivity index (χ3n) is 3.83. The summed E-state index contributed by atoms with van der Waals surface area (Å²) in [5.74, 6) is -0.0680. The van der Waals surface area contributed by atoms with Gasteiger partial charge in [0.25, 0.3) is 0 Å². The predicted molar refractivity (Wildman–Crippen MR) is 103 cm³/mol. The summed E-state index contributed by atoms with van der Waals surface area (Å²) in [5, 5.41) is 8.99. The van der Waals surface area contributed by atoms with Crippen LogP contribution in [0, 0.1) is 11.3 Å². The van der Waals surface area contributed by atoms with Crippen LogP contribution < -0.4 is 18.9 Å². The Labute approximate surface area is 167 Å². The van der Waals surface area contributed by atoms with Gasteiger partial charge in [-0.3, -0.25) is 0 Å². The Hall–Kier alpha value is -3.99. The van der Waals surface area contributed by atoms with Crippen LogP contribution in [-0.4, -0.2) is 40.4 Å². The zero-order valence-corrected chi connectivity index (χ0v) is 16.3. The average molecular weight is 397 g/mol. The maximum absolute atomic E-state index is 12.5. The number of nitriles is 1. The summed E-state index contributed by atoms with van der Waals surface area (Å²) >= 11 is 0. The second kappa shape index (κ2) is 9.80. The van der Waals surface area contributed by atoms with Crippen LogP contribution in [0.1, 0.15) is 15.9 Å². The maximum atomic E-state index is 12.5. The van der Waals surface area contributed by atoms with E-state index in [0.717, 1.165) is 0 Å². The van der Waals surface area contributed by atoms with Crippen molar-refractivity contribution in [1.82, 2.24) is 0 Å².